The molecule has 1 saturated heterocycles. The van der Waals surface area contributed by atoms with Gasteiger partial charge in [0.2, 0.25) is 5.91 Å². The van der Waals surface area contributed by atoms with Gasteiger partial charge in [-0.1, -0.05) is 45.0 Å². The molecule has 1 aromatic rings. The Balaban J connectivity index is 0.00000242. The van der Waals surface area contributed by atoms with E-state index in [2.05, 4.69) is 55.7 Å². The lowest BCUT2D eigenvalue weighted by molar-refractivity contribution is -0.125. The summed E-state index contributed by atoms with van der Waals surface area (Å²) in [5, 5.41) is 6.12. The number of carbonyl (C=O) groups is 1. The van der Waals surface area contributed by atoms with E-state index in [0.29, 0.717) is 19.8 Å². The first-order valence-corrected chi connectivity index (χ1v) is 7.65. The van der Waals surface area contributed by atoms with E-state index in [1.165, 1.54) is 11.1 Å². The molecule has 1 unspecified atom stereocenters. The number of benzene rings is 1. The van der Waals surface area contributed by atoms with E-state index < -0.39 is 0 Å². The van der Waals surface area contributed by atoms with Crippen molar-refractivity contribution in [1.82, 2.24) is 10.6 Å². The number of hydrogen-bond acceptors (Lipinski definition) is 3. The third-order valence-corrected chi connectivity index (χ3v) is 3.77. The molecule has 1 aromatic carbocycles. The van der Waals surface area contributed by atoms with E-state index in [1.54, 1.807) is 0 Å². The molecule has 5 heteroatoms. The van der Waals surface area contributed by atoms with Crippen LogP contribution in [-0.2, 0) is 21.4 Å². The molecule has 2 N–H and O–H groups in total. The van der Waals surface area contributed by atoms with E-state index in [1.807, 2.05) is 0 Å². The highest BCUT2D eigenvalue weighted by Crippen LogP contribution is 2.22. The number of ether oxygens (including phenoxy) is 1. The molecule has 2 rings (SSSR count). The van der Waals surface area contributed by atoms with Gasteiger partial charge in [-0.15, -0.1) is 12.4 Å². The molecule has 124 valence electrons. The first kappa shape index (κ1) is 18.9. The highest BCUT2D eigenvalue weighted by Gasteiger charge is 2.20. The molecule has 1 atom stereocenters. The van der Waals surface area contributed by atoms with Gasteiger partial charge in [0.25, 0.3) is 0 Å². The normalized spacial score (nSPS) is 18.4. The van der Waals surface area contributed by atoms with E-state index in [0.717, 1.165) is 13.0 Å². The van der Waals surface area contributed by atoms with Gasteiger partial charge in [0, 0.05) is 13.1 Å². The number of hydrogen-bond donors (Lipinski definition) is 2. The largest absolute Gasteiger partial charge is 0.378 e. The Kier molecular flexibility index (Phi) is 7.33. The standard InChI is InChI=1S/C17H26N2O2.ClH/c1-17(2,3)14-6-4-13(5-7-14)8-9-19-16(20)15-12-21-11-10-18-15;/h4-7,15,18H,8-12H2,1-3H3,(H,19,20);1H. The van der Waals surface area contributed by atoms with Crippen molar-refractivity contribution < 1.29 is 9.53 Å². The van der Waals surface area contributed by atoms with Gasteiger partial charge in [-0.2, -0.15) is 0 Å². The molecule has 22 heavy (non-hydrogen) atoms. The Hall–Kier alpha value is -1.10. The van der Waals surface area contributed by atoms with E-state index in [9.17, 15) is 4.79 Å². The monoisotopic (exact) mass is 326 g/mol. The van der Waals surface area contributed by atoms with Crippen LogP contribution < -0.4 is 10.6 Å². The Morgan fingerprint density at radius 2 is 2.00 bits per heavy atom. The van der Waals surface area contributed by atoms with Crippen LogP contribution in [0.15, 0.2) is 24.3 Å². The molecule has 0 aromatic heterocycles. The summed E-state index contributed by atoms with van der Waals surface area (Å²) in [5.74, 6) is 0.0287. The number of carbonyl (C=O) groups excluding carboxylic acids is 1. The Morgan fingerprint density at radius 3 is 2.55 bits per heavy atom. The zero-order chi connectivity index (χ0) is 15.3. The van der Waals surface area contributed by atoms with Crippen LogP contribution >= 0.6 is 12.4 Å². The number of rotatable bonds is 4. The summed E-state index contributed by atoms with van der Waals surface area (Å²) in [6, 6.07) is 8.44. The van der Waals surface area contributed by atoms with Gasteiger partial charge in [0.15, 0.2) is 0 Å². The number of nitrogens with one attached hydrogen (secondary N) is 2. The third-order valence-electron chi connectivity index (χ3n) is 3.77. The first-order valence-electron chi connectivity index (χ1n) is 7.65. The molecular formula is C17H27ClN2O2. The second kappa shape index (κ2) is 8.51. The van der Waals surface area contributed by atoms with Gasteiger partial charge in [-0.05, 0) is 23.0 Å². The molecule has 1 aliphatic heterocycles. The maximum absolute atomic E-state index is 11.9. The fourth-order valence-corrected chi connectivity index (χ4v) is 2.36. The van der Waals surface area contributed by atoms with Crippen molar-refractivity contribution in [1.29, 1.82) is 0 Å². The predicted octanol–water partition coefficient (Wildman–Crippen LogP) is 2.05. The predicted molar refractivity (Wildman–Crippen MR) is 91.7 cm³/mol. The topological polar surface area (TPSA) is 50.4 Å². The molecule has 0 saturated carbocycles. The molecule has 0 radical (unpaired) electrons. The summed E-state index contributed by atoms with van der Waals surface area (Å²) in [4.78, 5) is 11.9. The summed E-state index contributed by atoms with van der Waals surface area (Å²) in [6.45, 7) is 9.18. The van der Waals surface area contributed by atoms with Crippen molar-refractivity contribution in [2.75, 3.05) is 26.3 Å². The lowest BCUT2D eigenvalue weighted by Crippen LogP contribution is -2.51. The highest BCUT2D eigenvalue weighted by atomic mass is 35.5. The maximum Gasteiger partial charge on any atom is 0.239 e. The lowest BCUT2D eigenvalue weighted by atomic mass is 9.86. The minimum absolute atomic E-state index is 0. The first-order chi connectivity index (χ1) is 9.97. The van der Waals surface area contributed by atoms with Crippen molar-refractivity contribution in [3.05, 3.63) is 35.4 Å². The van der Waals surface area contributed by atoms with Crippen LogP contribution in [0, 0.1) is 0 Å². The molecule has 0 spiro atoms. The minimum Gasteiger partial charge on any atom is -0.378 e. The van der Waals surface area contributed by atoms with Crippen LogP contribution in [0.5, 0.6) is 0 Å². The average molecular weight is 327 g/mol. The number of amides is 1. The maximum atomic E-state index is 11.9. The van der Waals surface area contributed by atoms with Gasteiger partial charge < -0.3 is 15.4 Å². The van der Waals surface area contributed by atoms with E-state index >= 15 is 0 Å². The zero-order valence-corrected chi connectivity index (χ0v) is 14.5. The smallest absolute Gasteiger partial charge is 0.239 e. The van der Waals surface area contributed by atoms with Crippen LogP contribution in [0.25, 0.3) is 0 Å². The molecular weight excluding hydrogens is 300 g/mol. The number of morpholine rings is 1. The third kappa shape index (κ3) is 5.59. The van der Waals surface area contributed by atoms with Gasteiger partial charge in [0.1, 0.15) is 6.04 Å². The quantitative estimate of drug-likeness (QED) is 0.890. The summed E-state index contributed by atoms with van der Waals surface area (Å²) in [7, 11) is 0. The van der Waals surface area contributed by atoms with Crippen molar-refractivity contribution in [2.24, 2.45) is 0 Å². The molecule has 1 fully saturated rings. The van der Waals surface area contributed by atoms with Crippen molar-refractivity contribution in [3.8, 4) is 0 Å². The molecule has 1 amide bonds. The average Bonchev–Trinajstić information content (AvgIpc) is 2.47. The second-order valence-electron chi connectivity index (χ2n) is 6.57. The summed E-state index contributed by atoms with van der Waals surface area (Å²) in [6.07, 6.45) is 0.851. The highest BCUT2D eigenvalue weighted by molar-refractivity contribution is 5.85. The SMILES string of the molecule is CC(C)(C)c1ccc(CCNC(=O)C2COCCN2)cc1.Cl. The second-order valence-corrected chi connectivity index (χ2v) is 6.57. The fourth-order valence-electron chi connectivity index (χ4n) is 2.36. The van der Waals surface area contributed by atoms with Crippen LogP contribution in [0.3, 0.4) is 0 Å². The van der Waals surface area contributed by atoms with Crippen LogP contribution in [0.4, 0.5) is 0 Å². The van der Waals surface area contributed by atoms with Crippen molar-refractivity contribution in [3.63, 3.8) is 0 Å². The van der Waals surface area contributed by atoms with E-state index in [-0.39, 0.29) is 29.8 Å². The van der Waals surface area contributed by atoms with Gasteiger partial charge in [-0.25, -0.2) is 0 Å². The minimum atomic E-state index is -0.206. The van der Waals surface area contributed by atoms with Crippen LogP contribution in [-0.4, -0.2) is 38.3 Å². The Bertz CT molecular complexity index is 463. The molecule has 4 nitrogen and oxygen atoms in total. The van der Waals surface area contributed by atoms with Gasteiger partial charge >= 0.3 is 0 Å². The Morgan fingerprint density at radius 1 is 1.32 bits per heavy atom. The molecule has 1 aliphatic rings. The summed E-state index contributed by atoms with van der Waals surface area (Å²) < 4.78 is 5.29. The Labute approximate surface area is 139 Å². The fraction of sp³-hybridized carbons (Fsp3) is 0.588. The van der Waals surface area contributed by atoms with E-state index in [4.69, 9.17) is 4.74 Å². The molecule has 0 aliphatic carbocycles. The summed E-state index contributed by atoms with van der Waals surface area (Å²) >= 11 is 0. The molecule has 1 heterocycles. The van der Waals surface area contributed by atoms with Crippen LogP contribution in [0.2, 0.25) is 0 Å². The van der Waals surface area contributed by atoms with Crippen molar-refractivity contribution >= 4 is 18.3 Å². The summed E-state index contributed by atoms with van der Waals surface area (Å²) in [5.41, 5.74) is 2.76. The van der Waals surface area contributed by atoms with Gasteiger partial charge in [0.05, 0.1) is 13.2 Å². The van der Waals surface area contributed by atoms with Crippen molar-refractivity contribution in [2.45, 2.75) is 38.6 Å². The zero-order valence-electron chi connectivity index (χ0n) is 13.6. The van der Waals surface area contributed by atoms with Crippen LogP contribution in [0.1, 0.15) is 31.9 Å². The lowest BCUT2D eigenvalue weighted by Gasteiger charge is -2.23. The number of halogens is 1. The molecule has 0 bridgehead atoms. The van der Waals surface area contributed by atoms with Gasteiger partial charge in [-0.3, -0.25) is 4.79 Å².